The van der Waals surface area contributed by atoms with Gasteiger partial charge in [-0.05, 0) is 6.07 Å². The van der Waals surface area contributed by atoms with Gasteiger partial charge in [-0.2, -0.15) is 5.10 Å². The Morgan fingerprint density at radius 3 is 2.94 bits per heavy atom. The van der Waals surface area contributed by atoms with E-state index in [4.69, 9.17) is 4.74 Å². The summed E-state index contributed by atoms with van der Waals surface area (Å²) in [6.45, 7) is 0. The van der Waals surface area contributed by atoms with Gasteiger partial charge in [0, 0.05) is 19.3 Å². The molecular formula is C11H11N3O3. The molecule has 0 unspecified atom stereocenters. The molecule has 0 saturated carbocycles. The van der Waals surface area contributed by atoms with Crippen molar-refractivity contribution in [3.8, 4) is 11.6 Å². The summed E-state index contributed by atoms with van der Waals surface area (Å²) in [7, 11) is 3.11. The minimum atomic E-state index is -0.427. The average molecular weight is 233 g/mol. The zero-order chi connectivity index (χ0) is 12.3. The van der Waals surface area contributed by atoms with Crippen molar-refractivity contribution in [3.63, 3.8) is 0 Å². The Morgan fingerprint density at radius 1 is 1.47 bits per heavy atom. The molecule has 0 N–H and O–H groups in total. The van der Waals surface area contributed by atoms with Gasteiger partial charge in [0.05, 0.1) is 25.1 Å². The van der Waals surface area contributed by atoms with Gasteiger partial charge in [0.1, 0.15) is 0 Å². The van der Waals surface area contributed by atoms with Crippen molar-refractivity contribution in [2.45, 2.75) is 0 Å². The van der Waals surface area contributed by atoms with Crippen LogP contribution in [0.4, 0.5) is 0 Å². The molecule has 0 fully saturated rings. The Labute approximate surface area is 97.8 Å². The summed E-state index contributed by atoms with van der Waals surface area (Å²) in [5.41, 5.74) is 0.390. The maximum atomic E-state index is 11.3. The summed E-state index contributed by atoms with van der Waals surface area (Å²) in [6.07, 6.45) is 4.75. The summed E-state index contributed by atoms with van der Waals surface area (Å²) in [6, 6.07) is 3.07. The van der Waals surface area contributed by atoms with Crippen LogP contribution in [0, 0.1) is 0 Å². The van der Waals surface area contributed by atoms with Crippen LogP contribution in [0.1, 0.15) is 10.4 Å². The van der Waals surface area contributed by atoms with Crippen LogP contribution in [0.2, 0.25) is 0 Å². The number of rotatable bonds is 3. The summed E-state index contributed by atoms with van der Waals surface area (Å²) in [5, 5.41) is 3.96. The number of nitrogens with zero attached hydrogens (tertiary/aromatic N) is 3. The molecule has 88 valence electrons. The first-order valence-electron chi connectivity index (χ1n) is 4.90. The number of carbonyl (C=O) groups excluding carboxylic acids is 1. The lowest BCUT2D eigenvalue weighted by atomic mass is 10.3. The maximum Gasteiger partial charge on any atom is 0.338 e. The molecule has 0 aliphatic carbocycles. The van der Waals surface area contributed by atoms with E-state index in [-0.39, 0.29) is 0 Å². The highest BCUT2D eigenvalue weighted by molar-refractivity contribution is 5.89. The number of carbonyl (C=O) groups is 1. The van der Waals surface area contributed by atoms with E-state index >= 15 is 0 Å². The Hall–Kier alpha value is -2.37. The predicted molar refractivity (Wildman–Crippen MR) is 58.9 cm³/mol. The number of aromatic nitrogens is 3. The van der Waals surface area contributed by atoms with Gasteiger partial charge in [-0.1, -0.05) is 0 Å². The lowest BCUT2D eigenvalue weighted by Gasteiger charge is -2.03. The predicted octanol–water partition coefficient (Wildman–Crippen LogP) is 1.39. The number of ether oxygens (including phenoxy) is 2. The number of hydrogen-bond acceptors (Lipinski definition) is 5. The topological polar surface area (TPSA) is 66.2 Å². The van der Waals surface area contributed by atoms with Gasteiger partial charge in [0.25, 0.3) is 0 Å². The lowest BCUT2D eigenvalue weighted by molar-refractivity contribution is 0.0600. The molecule has 2 aromatic heterocycles. The van der Waals surface area contributed by atoms with Crippen LogP contribution in [0.3, 0.4) is 0 Å². The van der Waals surface area contributed by atoms with Crippen LogP contribution in [0.15, 0.2) is 30.7 Å². The molecule has 0 aromatic carbocycles. The Balaban J connectivity index is 2.19. The molecule has 0 bridgehead atoms. The first-order valence-corrected chi connectivity index (χ1v) is 4.90. The van der Waals surface area contributed by atoms with Crippen LogP contribution in [0.25, 0.3) is 0 Å². The number of methoxy groups -OCH3 is 1. The minimum absolute atomic E-state index is 0.320. The third-order valence-electron chi connectivity index (χ3n) is 2.06. The second-order valence-corrected chi connectivity index (χ2v) is 3.33. The van der Waals surface area contributed by atoms with Crippen molar-refractivity contribution >= 4 is 5.97 Å². The van der Waals surface area contributed by atoms with Crippen LogP contribution in [0.5, 0.6) is 11.6 Å². The van der Waals surface area contributed by atoms with Crippen LogP contribution in [-0.2, 0) is 11.8 Å². The molecule has 0 aliphatic rings. The van der Waals surface area contributed by atoms with E-state index in [1.807, 2.05) is 0 Å². The summed E-state index contributed by atoms with van der Waals surface area (Å²) >= 11 is 0. The molecule has 0 amide bonds. The summed E-state index contributed by atoms with van der Waals surface area (Å²) in [4.78, 5) is 15.3. The van der Waals surface area contributed by atoms with Gasteiger partial charge in [-0.15, -0.1) is 0 Å². The van der Waals surface area contributed by atoms with Crippen molar-refractivity contribution in [2.24, 2.45) is 7.05 Å². The highest BCUT2D eigenvalue weighted by Crippen LogP contribution is 2.18. The summed E-state index contributed by atoms with van der Waals surface area (Å²) in [5.74, 6) is 0.450. The Morgan fingerprint density at radius 2 is 2.29 bits per heavy atom. The second kappa shape index (κ2) is 4.65. The third-order valence-corrected chi connectivity index (χ3v) is 2.06. The molecule has 17 heavy (non-hydrogen) atoms. The van der Waals surface area contributed by atoms with E-state index in [9.17, 15) is 4.79 Å². The normalized spacial score (nSPS) is 10.0. The van der Waals surface area contributed by atoms with Crippen molar-refractivity contribution in [1.29, 1.82) is 0 Å². The van der Waals surface area contributed by atoms with Crippen molar-refractivity contribution < 1.29 is 14.3 Å². The van der Waals surface area contributed by atoms with Gasteiger partial charge in [0.15, 0.2) is 5.75 Å². The van der Waals surface area contributed by atoms with Gasteiger partial charge < -0.3 is 9.47 Å². The molecule has 2 rings (SSSR count). The van der Waals surface area contributed by atoms with Crippen LogP contribution in [-0.4, -0.2) is 27.8 Å². The standard InChI is InChI=1S/C11H11N3O3/c1-14-7-9(6-13-14)17-10-5-8(3-4-12-10)11(15)16-2/h3-7H,1-2H3. The molecule has 0 radical (unpaired) electrons. The number of hydrogen-bond donors (Lipinski definition) is 0. The Bertz CT molecular complexity index is 536. The zero-order valence-corrected chi connectivity index (χ0v) is 9.45. The largest absolute Gasteiger partial charge is 0.465 e. The van der Waals surface area contributed by atoms with E-state index in [0.717, 1.165) is 0 Å². The SMILES string of the molecule is COC(=O)c1ccnc(Oc2cnn(C)c2)c1. The monoisotopic (exact) mass is 233 g/mol. The highest BCUT2D eigenvalue weighted by atomic mass is 16.5. The van der Waals surface area contributed by atoms with E-state index in [0.29, 0.717) is 17.2 Å². The minimum Gasteiger partial charge on any atom is -0.465 e. The molecule has 2 heterocycles. The van der Waals surface area contributed by atoms with Crippen LogP contribution < -0.4 is 4.74 Å². The van der Waals surface area contributed by atoms with Gasteiger partial charge in [-0.25, -0.2) is 9.78 Å². The summed E-state index contributed by atoms with van der Waals surface area (Å²) < 4.78 is 11.6. The van der Waals surface area contributed by atoms with E-state index in [2.05, 4.69) is 14.8 Å². The average Bonchev–Trinajstić information content (AvgIpc) is 2.74. The molecule has 2 aromatic rings. The molecule has 6 nitrogen and oxygen atoms in total. The molecular weight excluding hydrogens is 222 g/mol. The number of aryl methyl sites for hydroxylation is 1. The van der Waals surface area contributed by atoms with E-state index in [1.165, 1.54) is 19.4 Å². The fraction of sp³-hybridized carbons (Fsp3) is 0.182. The fourth-order valence-electron chi connectivity index (χ4n) is 1.28. The highest BCUT2D eigenvalue weighted by Gasteiger charge is 2.08. The molecule has 6 heteroatoms. The first-order chi connectivity index (χ1) is 8.19. The van der Waals surface area contributed by atoms with E-state index < -0.39 is 5.97 Å². The second-order valence-electron chi connectivity index (χ2n) is 3.33. The fourth-order valence-corrected chi connectivity index (χ4v) is 1.28. The third kappa shape index (κ3) is 2.60. The zero-order valence-electron chi connectivity index (χ0n) is 9.45. The number of esters is 1. The Kier molecular flexibility index (Phi) is 3.04. The van der Waals surface area contributed by atoms with Gasteiger partial charge in [0.2, 0.25) is 5.88 Å². The molecule has 0 saturated heterocycles. The van der Waals surface area contributed by atoms with E-state index in [1.54, 1.807) is 30.2 Å². The quantitative estimate of drug-likeness (QED) is 0.749. The number of pyridine rings is 1. The molecule has 0 atom stereocenters. The first kappa shape index (κ1) is 11.1. The molecule has 0 spiro atoms. The maximum absolute atomic E-state index is 11.3. The molecule has 0 aliphatic heterocycles. The lowest BCUT2D eigenvalue weighted by Crippen LogP contribution is -2.01. The van der Waals surface area contributed by atoms with Crippen LogP contribution >= 0.6 is 0 Å². The van der Waals surface area contributed by atoms with Crippen molar-refractivity contribution in [1.82, 2.24) is 14.8 Å². The van der Waals surface area contributed by atoms with Crippen molar-refractivity contribution in [2.75, 3.05) is 7.11 Å². The smallest absolute Gasteiger partial charge is 0.338 e. The van der Waals surface area contributed by atoms with Gasteiger partial charge >= 0.3 is 5.97 Å². The van der Waals surface area contributed by atoms with Crippen molar-refractivity contribution in [3.05, 3.63) is 36.3 Å². The van der Waals surface area contributed by atoms with Gasteiger partial charge in [-0.3, -0.25) is 4.68 Å².